The largest absolute Gasteiger partial charge is 0.0918 e. The van der Waals surface area contributed by atoms with Gasteiger partial charge in [0.05, 0.1) is 0 Å². The van der Waals surface area contributed by atoms with Crippen molar-refractivity contribution in [1.29, 1.82) is 0 Å². The molecule has 0 radical (unpaired) electrons. The third-order valence-electron chi connectivity index (χ3n) is 2.96. The van der Waals surface area contributed by atoms with Gasteiger partial charge in [-0.25, -0.2) is 0 Å². The van der Waals surface area contributed by atoms with Crippen molar-refractivity contribution in [1.82, 2.24) is 0 Å². The van der Waals surface area contributed by atoms with Gasteiger partial charge in [0.25, 0.3) is 0 Å². The molecule has 0 aromatic rings. The van der Waals surface area contributed by atoms with Gasteiger partial charge >= 0.3 is 0 Å². The fourth-order valence-electron chi connectivity index (χ4n) is 1.63. The quantitative estimate of drug-likeness (QED) is 0.614. The summed E-state index contributed by atoms with van der Waals surface area (Å²) in [6, 6.07) is 0. The van der Waals surface area contributed by atoms with E-state index in [1.165, 1.54) is 18.4 Å². The summed E-state index contributed by atoms with van der Waals surface area (Å²) in [6.45, 7) is 4.57. The summed E-state index contributed by atoms with van der Waals surface area (Å²) in [4.78, 5) is 0. The van der Waals surface area contributed by atoms with Crippen LogP contribution in [-0.4, -0.2) is 10.7 Å². The molecule has 1 rings (SSSR count). The second-order valence-electron chi connectivity index (χ2n) is 4.88. The van der Waals surface area contributed by atoms with E-state index in [1.807, 2.05) is 0 Å². The monoisotopic (exact) mass is 334 g/mol. The second-order valence-corrected chi connectivity index (χ2v) is 6.00. The first-order valence-corrected chi connectivity index (χ1v) is 7.86. The smallest absolute Gasteiger partial charge is 0.0134 e. The Morgan fingerprint density at radius 2 is 2.00 bits per heavy atom. The van der Waals surface area contributed by atoms with E-state index in [2.05, 4.69) is 63.9 Å². The zero-order chi connectivity index (χ0) is 11.3. The van der Waals surface area contributed by atoms with E-state index < -0.39 is 0 Å². The van der Waals surface area contributed by atoms with Crippen LogP contribution in [0.5, 0.6) is 0 Å². The molecule has 0 atom stereocenters. The van der Waals surface area contributed by atoms with Crippen LogP contribution in [0.3, 0.4) is 0 Å². The molecule has 0 N–H and O–H groups in total. The normalized spacial score (nSPS) is 19.4. The Morgan fingerprint density at radius 3 is 2.40 bits per heavy atom. The van der Waals surface area contributed by atoms with Gasteiger partial charge in [0.1, 0.15) is 0 Å². The average molecular weight is 336 g/mol. The Labute approximate surface area is 110 Å². The van der Waals surface area contributed by atoms with Crippen LogP contribution < -0.4 is 0 Å². The lowest BCUT2D eigenvalue weighted by atomic mass is 9.83. The summed E-state index contributed by atoms with van der Waals surface area (Å²) >= 11 is 7.20. The molecule has 0 spiro atoms. The molecule has 1 aliphatic rings. The lowest BCUT2D eigenvalue weighted by Crippen LogP contribution is -2.23. The highest BCUT2D eigenvalue weighted by molar-refractivity contribution is 9.09. The second kappa shape index (κ2) is 6.24. The van der Waals surface area contributed by atoms with Crippen LogP contribution in [-0.2, 0) is 0 Å². The third kappa shape index (κ3) is 4.07. The number of halogens is 2. The molecule has 86 valence electrons. The molecule has 0 aliphatic heterocycles. The summed E-state index contributed by atoms with van der Waals surface area (Å²) in [5.74, 6) is 0.804. The van der Waals surface area contributed by atoms with Gasteiger partial charge in [-0.1, -0.05) is 69.5 Å². The number of hydrogen-bond donors (Lipinski definition) is 0. The molecule has 0 nitrogen and oxygen atoms in total. The molecule has 0 aromatic carbocycles. The lowest BCUT2D eigenvalue weighted by Gasteiger charge is -2.28. The van der Waals surface area contributed by atoms with Gasteiger partial charge < -0.3 is 0 Å². The fourth-order valence-corrected chi connectivity index (χ4v) is 3.39. The zero-order valence-electron chi connectivity index (χ0n) is 9.60. The van der Waals surface area contributed by atoms with Gasteiger partial charge in [-0.2, -0.15) is 0 Å². The van der Waals surface area contributed by atoms with Crippen molar-refractivity contribution in [3.05, 3.63) is 23.8 Å². The molecule has 0 unspecified atom stereocenters. The Morgan fingerprint density at radius 1 is 1.33 bits per heavy atom. The summed E-state index contributed by atoms with van der Waals surface area (Å²) < 4.78 is 0. The van der Waals surface area contributed by atoms with Gasteiger partial charge in [0, 0.05) is 16.1 Å². The average Bonchev–Trinajstić information content (AvgIpc) is 2.27. The third-order valence-corrected chi connectivity index (χ3v) is 5.20. The van der Waals surface area contributed by atoms with Crippen molar-refractivity contribution in [3.63, 3.8) is 0 Å². The highest BCUT2D eigenvalue weighted by atomic mass is 79.9. The number of hydrogen-bond acceptors (Lipinski definition) is 0. The van der Waals surface area contributed by atoms with Crippen LogP contribution in [0, 0.1) is 11.3 Å². The predicted molar refractivity (Wildman–Crippen MR) is 75.9 cm³/mol. The van der Waals surface area contributed by atoms with Crippen LogP contribution in [0.2, 0.25) is 0 Å². The number of alkyl halides is 2. The SMILES string of the molecule is CC(C)CCC1=CCC(CBr)(CBr)C=C1. The van der Waals surface area contributed by atoms with Crippen LogP contribution in [0.4, 0.5) is 0 Å². The van der Waals surface area contributed by atoms with Gasteiger partial charge in [-0.15, -0.1) is 0 Å². The molecule has 0 saturated carbocycles. The van der Waals surface area contributed by atoms with Gasteiger partial charge in [0.15, 0.2) is 0 Å². The van der Waals surface area contributed by atoms with Crippen molar-refractivity contribution in [2.75, 3.05) is 10.7 Å². The Kier molecular flexibility index (Phi) is 5.62. The van der Waals surface area contributed by atoms with E-state index in [0.29, 0.717) is 5.41 Å². The molecule has 0 heterocycles. The molecule has 0 saturated heterocycles. The van der Waals surface area contributed by atoms with E-state index in [4.69, 9.17) is 0 Å². The maximum atomic E-state index is 3.60. The molecular formula is C13H20Br2. The molecule has 0 aromatic heterocycles. The van der Waals surface area contributed by atoms with Gasteiger partial charge in [-0.05, 0) is 25.2 Å². The van der Waals surface area contributed by atoms with Crippen molar-refractivity contribution in [3.8, 4) is 0 Å². The zero-order valence-corrected chi connectivity index (χ0v) is 12.8. The lowest BCUT2D eigenvalue weighted by molar-refractivity contribution is 0.506. The Bertz CT molecular complexity index is 247. The van der Waals surface area contributed by atoms with Gasteiger partial charge in [0.2, 0.25) is 0 Å². The van der Waals surface area contributed by atoms with Crippen LogP contribution in [0.15, 0.2) is 23.8 Å². The molecule has 15 heavy (non-hydrogen) atoms. The molecular weight excluding hydrogens is 316 g/mol. The Balaban J connectivity index is 2.49. The van der Waals surface area contributed by atoms with E-state index in [9.17, 15) is 0 Å². The van der Waals surface area contributed by atoms with Crippen molar-refractivity contribution < 1.29 is 0 Å². The summed E-state index contributed by atoms with van der Waals surface area (Å²) in [7, 11) is 0. The minimum atomic E-state index is 0.307. The van der Waals surface area contributed by atoms with E-state index >= 15 is 0 Å². The van der Waals surface area contributed by atoms with Crippen LogP contribution in [0.25, 0.3) is 0 Å². The summed E-state index contributed by atoms with van der Waals surface area (Å²) in [6.07, 6.45) is 10.8. The number of rotatable bonds is 5. The molecule has 0 fully saturated rings. The topological polar surface area (TPSA) is 0 Å². The first kappa shape index (κ1) is 13.5. The molecule has 1 aliphatic carbocycles. The highest BCUT2D eigenvalue weighted by Gasteiger charge is 2.25. The maximum absolute atomic E-state index is 3.60. The standard InChI is InChI=1S/C13H20Br2/c1-11(2)3-4-12-5-7-13(9-14,10-15)8-6-12/h5-7,11H,3-4,8-10H2,1-2H3. The number of allylic oxidation sites excluding steroid dienone is 4. The first-order valence-electron chi connectivity index (χ1n) is 5.62. The van der Waals surface area contributed by atoms with E-state index in [1.54, 1.807) is 0 Å². The predicted octanol–water partition coefficient (Wildman–Crippen LogP) is 5.09. The first-order chi connectivity index (χ1) is 7.12. The van der Waals surface area contributed by atoms with Crippen LogP contribution >= 0.6 is 31.9 Å². The van der Waals surface area contributed by atoms with Crippen molar-refractivity contribution in [2.24, 2.45) is 11.3 Å². The molecule has 2 heteroatoms. The maximum Gasteiger partial charge on any atom is 0.0134 e. The minimum absolute atomic E-state index is 0.307. The summed E-state index contributed by atoms with van der Waals surface area (Å²) in [5.41, 5.74) is 1.82. The molecule has 0 bridgehead atoms. The van der Waals surface area contributed by atoms with Crippen LogP contribution in [0.1, 0.15) is 33.1 Å². The minimum Gasteiger partial charge on any atom is -0.0918 e. The summed E-state index contributed by atoms with van der Waals surface area (Å²) in [5, 5.41) is 2.07. The van der Waals surface area contributed by atoms with E-state index in [0.717, 1.165) is 23.0 Å². The highest BCUT2D eigenvalue weighted by Crippen LogP contribution is 2.34. The fraction of sp³-hybridized carbons (Fsp3) is 0.692. The molecule has 0 amide bonds. The van der Waals surface area contributed by atoms with Crippen molar-refractivity contribution >= 4 is 31.9 Å². The van der Waals surface area contributed by atoms with Crippen molar-refractivity contribution in [2.45, 2.75) is 33.1 Å². The van der Waals surface area contributed by atoms with E-state index in [-0.39, 0.29) is 0 Å². The Hall–Kier alpha value is 0.440. The van der Waals surface area contributed by atoms with Gasteiger partial charge in [-0.3, -0.25) is 0 Å².